The molecule has 0 bridgehead atoms. The van der Waals surface area contributed by atoms with E-state index in [1.807, 2.05) is 17.0 Å². The van der Waals surface area contributed by atoms with Crippen LogP contribution in [0.2, 0.25) is 0 Å². The molecule has 5 rings (SSSR count). The van der Waals surface area contributed by atoms with Crippen molar-refractivity contribution in [3.63, 3.8) is 0 Å². The van der Waals surface area contributed by atoms with Gasteiger partial charge in [0.05, 0.1) is 12.1 Å². The van der Waals surface area contributed by atoms with Crippen LogP contribution in [0.15, 0.2) is 42.5 Å². The quantitative estimate of drug-likeness (QED) is 0.727. The second kappa shape index (κ2) is 10.0. The Morgan fingerprint density at radius 1 is 0.943 bits per heavy atom. The van der Waals surface area contributed by atoms with Gasteiger partial charge >= 0.3 is 0 Å². The van der Waals surface area contributed by atoms with Gasteiger partial charge in [-0.15, -0.1) is 0 Å². The molecule has 2 aromatic carbocycles. The number of nitrogens with one attached hydrogen (secondary N) is 1. The molecular weight excluding hydrogens is 451 g/mol. The summed E-state index contributed by atoms with van der Waals surface area (Å²) in [6, 6.07) is 10.9. The third-order valence-corrected chi connectivity index (χ3v) is 7.02. The number of halogens is 1. The molecule has 1 saturated heterocycles. The van der Waals surface area contributed by atoms with E-state index < -0.39 is 5.82 Å². The predicted molar refractivity (Wildman–Crippen MR) is 126 cm³/mol. The van der Waals surface area contributed by atoms with Gasteiger partial charge in [0.15, 0.2) is 5.75 Å². The molecule has 3 aliphatic rings. The number of carbonyl (C=O) groups excluding carboxylic acids is 3. The van der Waals surface area contributed by atoms with Crippen molar-refractivity contribution in [2.75, 3.05) is 26.2 Å². The Morgan fingerprint density at radius 3 is 2.43 bits per heavy atom. The number of nitrogens with zero attached hydrogens (tertiary/aromatic N) is 3. The van der Waals surface area contributed by atoms with Crippen molar-refractivity contribution in [1.82, 2.24) is 20.4 Å². The maximum atomic E-state index is 14.1. The van der Waals surface area contributed by atoms with Crippen molar-refractivity contribution < 1.29 is 23.6 Å². The van der Waals surface area contributed by atoms with E-state index in [1.165, 1.54) is 23.7 Å². The molecule has 0 unspecified atom stereocenters. The molecule has 9 heteroatoms. The first kappa shape index (κ1) is 23.3. The third-order valence-electron chi connectivity index (χ3n) is 7.02. The molecule has 2 heterocycles. The highest BCUT2D eigenvalue weighted by Gasteiger charge is 2.31. The monoisotopic (exact) mass is 480 g/mol. The number of hydrazine groups is 1. The molecular formula is C26H29FN4O4. The zero-order valence-electron chi connectivity index (χ0n) is 19.5. The number of fused-ring (bicyclic) bond motifs is 1. The number of rotatable bonds is 4. The van der Waals surface area contributed by atoms with E-state index in [1.54, 1.807) is 17.0 Å². The summed E-state index contributed by atoms with van der Waals surface area (Å²) >= 11 is 0. The van der Waals surface area contributed by atoms with Crippen LogP contribution in [0.5, 0.6) is 5.75 Å². The van der Waals surface area contributed by atoms with Crippen LogP contribution < -0.4 is 10.3 Å². The summed E-state index contributed by atoms with van der Waals surface area (Å²) in [6.45, 7) is 1.95. The van der Waals surface area contributed by atoms with Gasteiger partial charge in [-0.1, -0.05) is 37.5 Å². The third kappa shape index (κ3) is 5.00. The molecule has 35 heavy (non-hydrogen) atoms. The summed E-state index contributed by atoms with van der Waals surface area (Å²) in [5, 5.41) is 1.25. The van der Waals surface area contributed by atoms with Crippen molar-refractivity contribution >= 4 is 17.7 Å². The van der Waals surface area contributed by atoms with Crippen LogP contribution in [0.25, 0.3) is 0 Å². The minimum absolute atomic E-state index is 0.0742. The Kier molecular flexibility index (Phi) is 6.68. The average molecular weight is 481 g/mol. The van der Waals surface area contributed by atoms with Crippen LogP contribution in [0, 0.1) is 11.7 Å². The second-order valence-corrected chi connectivity index (χ2v) is 9.32. The van der Waals surface area contributed by atoms with E-state index in [9.17, 15) is 18.8 Å². The number of piperazine rings is 1. The van der Waals surface area contributed by atoms with Gasteiger partial charge in [0.2, 0.25) is 5.91 Å². The molecule has 8 nitrogen and oxygen atoms in total. The van der Waals surface area contributed by atoms with E-state index in [0.717, 1.165) is 37.3 Å². The van der Waals surface area contributed by atoms with E-state index in [2.05, 4.69) is 5.43 Å². The minimum Gasteiger partial charge on any atom is -0.385 e. The van der Waals surface area contributed by atoms with Gasteiger partial charge in [0.25, 0.3) is 11.8 Å². The molecule has 2 fully saturated rings. The Bertz CT molecular complexity index is 1130. The van der Waals surface area contributed by atoms with Crippen LogP contribution in [-0.2, 0) is 11.3 Å². The fraction of sp³-hybridized carbons (Fsp3) is 0.423. The van der Waals surface area contributed by atoms with E-state index in [4.69, 9.17) is 4.84 Å². The largest absolute Gasteiger partial charge is 0.385 e. The Labute approximate surface area is 203 Å². The lowest BCUT2D eigenvalue weighted by Crippen LogP contribution is -2.52. The number of carbonyl (C=O) groups is 3. The summed E-state index contributed by atoms with van der Waals surface area (Å²) < 4.78 is 14.1. The highest BCUT2D eigenvalue weighted by Crippen LogP contribution is 2.27. The molecule has 1 N–H and O–H groups in total. The molecule has 1 saturated carbocycles. The van der Waals surface area contributed by atoms with E-state index >= 15 is 0 Å². The number of hydroxylamine groups is 1. The van der Waals surface area contributed by atoms with Crippen molar-refractivity contribution in [3.8, 4) is 5.75 Å². The number of benzene rings is 2. The molecule has 0 spiro atoms. The maximum Gasteiger partial charge on any atom is 0.268 e. The smallest absolute Gasteiger partial charge is 0.268 e. The fourth-order valence-electron chi connectivity index (χ4n) is 5.08. The van der Waals surface area contributed by atoms with Gasteiger partial charge in [-0.25, -0.2) is 4.39 Å². The lowest BCUT2D eigenvalue weighted by Gasteiger charge is -2.37. The first-order chi connectivity index (χ1) is 17.0. The van der Waals surface area contributed by atoms with Crippen LogP contribution in [-0.4, -0.2) is 58.9 Å². The highest BCUT2D eigenvalue weighted by atomic mass is 19.1. The van der Waals surface area contributed by atoms with Crippen LogP contribution in [0.4, 0.5) is 4.39 Å². The highest BCUT2D eigenvalue weighted by molar-refractivity contribution is 5.97. The Hall–Kier alpha value is -3.46. The summed E-state index contributed by atoms with van der Waals surface area (Å²) in [5.41, 5.74) is 4.06. The first-order valence-electron chi connectivity index (χ1n) is 12.2. The Balaban J connectivity index is 1.26. The summed E-state index contributed by atoms with van der Waals surface area (Å²) in [7, 11) is 0. The second-order valence-electron chi connectivity index (χ2n) is 9.32. The fourth-order valence-corrected chi connectivity index (χ4v) is 5.08. The van der Waals surface area contributed by atoms with Gasteiger partial charge < -0.3 is 14.6 Å². The molecule has 0 aromatic heterocycles. The predicted octanol–water partition coefficient (Wildman–Crippen LogP) is 3.14. The summed E-state index contributed by atoms with van der Waals surface area (Å²) in [6.07, 6.45) is 5.28. The standard InChI is InChI=1S/C26H29FN4O4/c27-20-10-11-23(35-31-17-19-8-4-5-9-21(19)24(32)28-31)22(16-20)26(34)30-14-12-29(13-15-30)25(33)18-6-2-1-3-7-18/h4-5,8-11,16,18H,1-3,6-7,12-15,17H2,(H,28,32). The van der Waals surface area contributed by atoms with Gasteiger partial charge in [-0.2, -0.15) is 0 Å². The molecule has 0 atom stereocenters. The van der Waals surface area contributed by atoms with Crippen LogP contribution in [0.3, 0.4) is 0 Å². The van der Waals surface area contributed by atoms with E-state index in [-0.39, 0.29) is 41.5 Å². The number of amides is 3. The molecule has 2 aromatic rings. The minimum atomic E-state index is -0.556. The number of hydrogen-bond acceptors (Lipinski definition) is 5. The van der Waals surface area contributed by atoms with Crippen molar-refractivity contribution in [3.05, 3.63) is 65.0 Å². The average Bonchev–Trinajstić information content (AvgIpc) is 2.89. The molecule has 2 aliphatic heterocycles. The van der Waals surface area contributed by atoms with Crippen molar-refractivity contribution in [1.29, 1.82) is 0 Å². The van der Waals surface area contributed by atoms with Gasteiger partial charge in [0, 0.05) is 37.7 Å². The SMILES string of the molecule is O=C1NN(Oc2ccc(F)cc2C(=O)N2CCN(C(=O)C3CCCCC3)CC2)Cc2ccccc21. The molecule has 3 amide bonds. The molecule has 1 aliphatic carbocycles. The maximum absolute atomic E-state index is 14.1. The van der Waals surface area contributed by atoms with Crippen LogP contribution >= 0.6 is 0 Å². The van der Waals surface area contributed by atoms with Crippen molar-refractivity contribution in [2.24, 2.45) is 5.92 Å². The molecule has 184 valence electrons. The zero-order valence-corrected chi connectivity index (χ0v) is 19.5. The topological polar surface area (TPSA) is 82.2 Å². The van der Waals surface area contributed by atoms with Gasteiger partial charge in [0.1, 0.15) is 5.82 Å². The normalized spacial score (nSPS) is 19.2. The Morgan fingerprint density at radius 2 is 1.66 bits per heavy atom. The zero-order chi connectivity index (χ0) is 24.4. The first-order valence-corrected chi connectivity index (χ1v) is 12.2. The lowest BCUT2D eigenvalue weighted by molar-refractivity contribution is -0.138. The van der Waals surface area contributed by atoms with Crippen LogP contribution in [0.1, 0.15) is 58.4 Å². The molecule has 0 radical (unpaired) electrons. The summed E-state index contributed by atoms with van der Waals surface area (Å²) in [5.74, 6) is -0.808. The van der Waals surface area contributed by atoms with Gasteiger partial charge in [-0.3, -0.25) is 19.8 Å². The van der Waals surface area contributed by atoms with Crippen molar-refractivity contribution in [2.45, 2.75) is 38.6 Å². The lowest BCUT2D eigenvalue weighted by atomic mass is 9.88. The summed E-state index contributed by atoms with van der Waals surface area (Å²) in [4.78, 5) is 47.9. The van der Waals surface area contributed by atoms with E-state index in [0.29, 0.717) is 31.7 Å². The van der Waals surface area contributed by atoms with Gasteiger partial charge in [-0.05, 0) is 47.8 Å². The number of hydrogen-bond donors (Lipinski definition) is 1.